The van der Waals surface area contributed by atoms with E-state index in [9.17, 15) is 0 Å². The van der Waals surface area contributed by atoms with Crippen LogP contribution in [0.25, 0.3) is 6.08 Å². The highest BCUT2D eigenvalue weighted by Gasteiger charge is 1.92. The van der Waals surface area contributed by atoms with E-state index < -0.39 is 0 Å². The minimum absolute atomic E-state index is 0.916. The summed E-state index contributed by atoms with van der Waals surface area (Å²) in [6.07, 6.45) is 26.9. The number of hydrogen-bond donors (Lipinski definition) is 0. The number of unbranched alkanes of at least 4 members (excludes halogenated alkanes) is 11. The van der Waals surface area contributed by atoms with Crippen molar-refractivity contribution < 1.29 is 4.42 Å². The van der Waals surface area contributed by atoms with E-state index in [2.05, 4.69) is 25.2 Å². The number of hydrogen-bond acceptors (Lipinski definition) is 1. The van der Waals surface area contributed by atoms with Crippen molar-refractivity contribution in [2.24, 2.45) is 0 Å². The van der Waals surface area contributed by atoms with Gasteiger partial charge in [-0.3, -0.25) is 0 Å². The van der Waals surface area contributed by atoms with Crippen molar-refractivity contribution in [3.8, 4) is 0 Å². The van der Waals surface area contributed by atoms with Gasteiger partial charge in [-0.2, -0.15) is 0 Å². The molecule has 0 atom stereocenters. The standard InChI is InChI=1S/C21H34O/c1-2-3-4-5-6-7-8-9-10-11-12-13-14-15-16-18-21-19-17-20-22-21/h14-20H,2-13H2,1H3. The summed E-state index contributed by atoms with van der Waals surface area (Å²) in [7, 11) is 0. The van der Waals surface area contributed by atoms with Gasteiger partial charge in [-0.1, -0.05) is 89.4 Å². The molecule has 0 aliphatic heterocycles. The molecule has 0 bridgehead atoms. The summed E-state index contributed by atoms with van der Waals surface area (Å²) < 4.78 is 5.23. The third-order valence-corrected chi connectivity index (χ3v) is 4.03. The van der Waals surface area contributed by atoms with E-state index in [4.69, 9.17) is 4.42 Å². The minimum atomic E-state index is 0.916. The number of allylic oxidation sites excluding steroid dienone is 3. The SMILES string of the molecule is CCCCCCCCCCCCCC=CC=Cc1ccco1. The molecule has 0 aromatic carbocycles. The smallest absolute Gasteiger partial charge is 0.126 e. The van der Waals surface area contributed by atoms with Crippen molar-refractivity contribution in [3.63, 3.8) is 0 Å². The van der Waals surface area contributed by atoms with Crippen LogP contribution in [0, 0.1) is 0 Å². The molecule has 0 aliphatic carbocycles. The van der Waals surface area contributed by atoms with Crippen LogP contribution in [0.4, 0.5) is 0 Å². The van der Waals surface area contributed by atoms with Crippen molar-refractivity contribution in [2.45, 2.75) is 84.0 Å². The monoisotopic (exact) mass is 302 g/mol. The van der Waals surface area contributed by atoms with Crippen LogP contribution >= 0.6 is 0 Å². The van der Waals surface area contributed by atoms with Crippen LogP contribution in [-0.2, 0) is 0 Å². The van der Waals surface area contributed by atoms with Crippen molar-refractivity contribution in [2.75, 3.05) is 0 Å². The fourth-order valence-corrected chi connectivity index (χ4v) is 2.64. The van der Waals surface area contributed by atoms with Crippen LogP contribution < -0.4 is 0 Å². The summed E-state index contributed by atoms with van der Waals surface area (Å²) in [5, 5.41) is 0. The molecule has 0 aliphatic rings. The van der Waals surface area contributed by atoms with Gasteiger partial charge in [-0.15, -0.1) is 0 Å². The zero-order valence-electron chi connectivity index (χ0n) is 14.4. The Morgan fingerprint density at radius 1 is 0.818 bits per heavy atom. The van der Waals surface area contributed by atoms with E-state index in [0.717, 1.165) is 5.76 Å². The highest BCUT2D eigenvalue weighted by atomic mass is 16.3. The zero-order chi connectivity index (χ0) is 15.7. The molecule has 1 heterocycles. The molecule has 0 unspecified atom stereocenters. The molecule has 1 aromatic rings. The van der Waals surface area contributed by atoms with Crippen LogP contribution in [0.1, 0.15) is 89.7 Å². The van der Waals surface area contributed by atoms with Crippen molar-refractivity contribution in [1.29, 1.82) is 0 Å². The Morgan fingerprint density at radius 2 is 1.45 bits per heavy atom. The third-order valence-electron chi connectivity index (χ3n) is 4.03. The van der Waals surface area contributed by atoms with Gasteiger partial charge in [0.15, 0.2) is 0 Å². The zero-order valence-corrected chi connectivity index (χ0v) is 14.4. The van der Waals surface area contributed by atoms with Gasteiger partial charge in [0.1, 0.15) is 5.76 Å². The van der Waals surface area contributed by atoms with Gasteiger partial charge >= 0.3 is 0 Å². The van der Waals surface area contributed by atoms with Crippen LogP contribution in [-0.4, -0.2) is 0 Å². The van der Waals surface area contributed by atoms with Gasteiger partial charge in [-0.05, 0) is 31.1 Å². The van der Waals surface area contributed by atoms with Gasteiger partial charge in [0.25, 0.3) is 0 Å². The molecule has 1 aromatic heterocycles. The molecule has 1 rings (SSSR count). The largest absolute Gasteiger partial charge is 0.465 e. The first-order valence-electron chi connectivity index (χ1n) is 9.30. The lowest BCUT2D eigenvalue weighted by Gasteiger charge is -2.01. The summed E-state index contributed by atoms with van der Waals surface area (Å²) in [5.74, 6) is 0.916. The fourth-order valence-electron chi connectivity index (χ4n) is 2.64. The summed E-state index contributed by atoms with van der Waals surface area (Å²) in [6, 6.07) is 3.88. The van der Waals surface area contributed by atoms with E-state index in [1.807, 2.05) is 18.2 Å². The molecule has 0 N–H and O–H groups in total. The van der Waals surface area contributed by atoms with Gasteiger partial charge in [0.2, 0.25) is 0 Å². The normalized spacial score (nSPS) is 11.9. The van der Waals surface area contributed by atoms with Gasteiger partial charge in [0.05, 0.1) is 6.26 Å². The maximum absolute atomic E-state index is 5.23. The third kappa shape index (κ3) is 11.4. The van der Waals surface area contributed by atoms with Crippen molar-refractivity contribution in [3.05, 3.63) is 42.4 Å². The second-order valence-electron chi connectivity index (χ2n) is 6.13. The first kappa shape index (κ1) is 18.8. The Balaban J connectivity index is 1.80. The maximum Gasteiger partial charge on any atom is 0.126 e. The predicted molar refractivity (Wildman–Crippen MR) is 98.0 cm³/mol. The summed E-state index contributed by atoms with van der Waals surface area (Å²) in [5.41, 5.74) is 0. The molecular formula is C21H34O. The van der Waals surface area contributed by atoms with E-state index >= 15 is 0 Å². The van der Waals surface area contributed by atoms with Crippen LogP contribution in [0.5, 0.6) is 0 Å². The Kier molecular flexibility index (Phi) is 12.6. The molecular weight excluding hydrogens is 268 g/mol. The molecule has 22 heavy (non-hydrogen) atoms. The Bertz CT molecular complexity index is 373. The van der Waals surface area contributed by atoms with Crippen molar-refractivity contribution in [1.82, 2.24) is 0 Å². The molecule has 124 valence electrons. The van der Waals surface area contributed by atoms with Crippen LogP contribution in [0.2, 0.25) is 0 Å². The molecule has 0 saturated heterocycles. The Morgan fingerprint density at radius 3 is 2.05 bits per heavy atom. The molecule has 0 fully saturated rings. The lowest BCUT2D eigenvalue weighted by molar-refractivity contribution is 0.550. The molecule has 0 radical (unpaired) electrons. The lowest BCUT2D eigenvalue weighted by Crippen LogP contribution is -1.81. The average Bonchev–Trinajstić information content (AvgIpc) is 3.04. The molecule has 0 amide bonds. The van der Waals surface area contributed by atoms with Crippen LogP contribution in [0.3, 0.4) is 0 Å². The summed E-state index contributed by atoms with van der Waals surface area (Å²) in [4.78, 5) is 0. The first-order chi connectivity index (χ1) is 10.9. The number of rotatable bonds is 14. The van der Waals surface area contributed by atoms with E-state index in [1.54, 1.807) is 6.26 Å². The Labute approximate surface area is 137 Å². The highest BCUT2D eigenvalue weighted by Crippen LogP contribution is 2.12. The van der Waals surface area contributed by atoms with E-state index in [0.29, 0.717) is 0 Å². The quantitative estimate of drug-likeness (QED) is 0.255. The van der Waals surface area contributed by atoms with Crippen molar-refractivity contribution >= 4 is 6.08 Å². The highest BCUT2D eigenvalue weighted by molar-refractivity contribution is 5.44. The second-order valence-corrected chi connectivity index (χ2v) is 6.13. The van der Waals surface area contributed by atoms with E-state index in [-0.39, 0.29) is 0 Å². The molecule has 1 heteroatoms. The summed E-state index contributed by atoms with van der Waals surface area (Å²) >= 11 is 0. The van der Waals surface area contributed by atoms with Gasteiger partial charge in [0, 0.05) is 0 Å². The topological polar surface area (TPSA) is 13.1 Å². The maximum atomic E-state index is 5.23. The lowest BCUT2D eigenvalue weighted by atomic mass is 10.1. The molecule has 0 spiro atoms. The summed E-state index contributed by atoms with van der Waals surface area (Å²) in [6.45, 7) is 2.28. The average molecular weight is 303 g/mol. The van der Waals surface area contributed by atoms with Crippen LogP contribution in [0.15, 0.2) is 41.0 Å². The Hall–Kier alpha value is -1.24. The predicted octanol–water partition coefficient (Wildman–Crippen LogP) is 7.55. The van der Waals surface area contributed by atoms with E-state index in [1.165, 1.54) is 77.0 Å². The first-order valence-corrected chi connectivity index (χ1v) is 9.30. The fraction of sp³-hybridized carbons (Fsp3) is 0.619. The van der Waals surface area contributed by atoms with Gasteiger partial charge in [-0.25, -0.2) is 0 Å². The molecule has 0 saturated carbocycles. The van der Waals surface area contributed by atoms with Gasteiger partial charge < -0.3 is 4.42 Å². The molecule has 1 nitrogen and oxygen atoms in total. The minimum Gasteiger partial charge on any atom is -0.465 e. The second kappa shape index (κ2) is 14.7. The number of furan rings is 1.